The molecule has 0 saturated heterocycles. The summed E-state index contributed by atoms with van der Waals surface area (Å²) in [5.41, 5.74) is 2.23. The zero-order chi connectivity index (χ0) is 12.1. The van der Waals surface area contributed by atoms with Crippen molar-refractivity contribution < 1.29 is 4.74 Å². The van der Waals surface area contributed by atoms with Crippen molar-refractivity contribution in [3.8, 4) is 0 Å². The molecular weight excluding hydrogens is 202 g/mol. The zero-order valence-electron chi connectivity index (χ0n) is 10.8. The molecule has 0 radical (unpaired) electrons. The standard InChI is InChI=1S/C12H21N3O/c1-6-13-12-11(8(2)3)9(4)14-10(15-12)7-16-5/h8H,6-7H2,1-5H3,(H,13,14,15). The van der Waals surface area contributed by atoms with Crippen molar-refractivity contribution >= 4 is 5.82 Å². The lowest BCUT2D eigenvalue weighted by molar-refractivity contribution is 0.177. The highest BCUT2D eigenvalue weighted by Crippen LogP contribution is 2.25. The van der Waals surface area contributed by atoms with E-state index in [0.717, 1.165) is 23.9 Å². The van der Waals surface area contributed by atoms with Gasteiger partial charge >= 0.3 is 0 Å². The highest BCUT2D eigenvalue weighted by Gasteiger charge is 2.13. The van der Waals surface area contributed by atoms with Crippen molar-refractivity contribution in [2.75, 3.05) is 19.0 Å². The van der Waals surface area contributed by atoms with Gasteiger partial charge in [0.05, 0.1) is 0 Å². The Balaban J connectivity index is 3.16. The van der Waals surface area contributed by atoms with Gasteiger partial charge in [0, 0.05) is 24.9 Å². The highest BCUT2D eigenvalue weighted by atomic mass is 16.5. The first-order chi connectivity index (χ1) is 7.60. The summed E-state index contributed by atoms with van der Waals surface area (Å²) >= 11 is 0. The molecule has 0 spiro atoms. The molecule has 0 amide bonds. The van der Waals surface area contributed by atoms with Gasteiger partial charge < -0.3 is 10.1 Å². The van der Waals surface area contributed by atoms with Crippen molar-refractivity contribution in [1.82, 2.24) is 9.97 Å². The molecule has 0 bridgehead atoms. The summed E-state index contributed by atoms with van der Waals surface area (Å²) in [6.07, 6.45) is 0. The topological polar surface area (TPSA) is 47.0 Å². The van der Waals surface area contributed by atoms with Crippen LogP contribution < -0.4 is 5.32 Å². The van der Waals surface area contributed by atoms with Crippen LogP contribution in [0.25, 0.3) is 0 Å². The Hall–Kier alpha value is -1.16. The van der Waals surface area contributed by atoms with Gasteiger partial charge in [0.25, 0.3) is 0 Å². The Labute approximate surface area is 97.5 Å². The predicted molar refractivity (Wildman–Crippen MR) is 65.7 cm³/mol. The molecule has 0 atom stereocenters. The number of nitrogens with zero attached hydrogens (tertiary/aromatic N) is 2. The third-order valence-corrected chi connectivity index (χ3v) is 2.38. The van der Waals surface area contributed by atoms with Crippen LogP contribution in [0.1, 0.15) is 43.8 Å². The van der Waals surface area contributed by atoms with Crippen LogP contribution in [-0.4, -0.2) is 23.6 Å². The summed E-state index contributed by atoms with van der Waals surface area (Å²) in [5.74, 6) is 2.10. The molecule has 0 aliphatic heterocycles. The molecule has 4 nitrogen and oxygen atoms in total. The molecule has 90 valence electrons. The maximum atomic E-state index is 5.06. The molecule has 16 heavy (non-hydrogen) atoms. The van der Waals surface area contributed by atoms with Gasteiger partial charge in [-0.1, -0.05) is 13.8 Å². The van der Waals surface area contributed by atoms with E-state index >= 15 is 0 Å². The second-order valence-electron chi connectivity index (χ2n) is 4.11. The summed E-state index contributed by atoms with van der Waals surface area (Å²) in [5, 5.41) is 3.29. The van der Waals surface area contributed by atoms with E-state index in [9.17, 15) is 0 Å². The minimum absolute atomic E-state index is 0.422. The highest BCUT2D eigenvalue weighted by molar-refractivity contribution is 5.48. The Morgan fingerprint density at radius 1 is 1.31 bits per heavy atom. The van der Waals surface area contributed by atoms with Crippen LogP contribution in [0.3, 0.4) is 0 Å². The summed E-state index contributed by atoms with van der Waals surface area (Å²) in [4.78, 5) is 8.94. The van der Waals surface area contributed by atoms with Crippen LogP contribution in [0.5, 0.6) is 0 Å². The average Bonchev–Trinajstić information content (AvgIpc) is 2.17. The quantitative estimate of drug-likeness (QED) is 0.833. The summed E-state index contributed by atoms with van der Waals surface area (Å²) in [6.45, 7) is 9.72. The van der Waals surface area contributed by atoms with E-state index in [2.05, 4.69) is 36.1 Å². The van der Waals surface area contributed by atoms with Crippen molar-refractivity contribution in [3.05, 3.63) is 17.1 Å². The molecular formula is C12H21N3O. The van der Waals surface area contributed by atoms with Gasteiger partial charge in [-0.3, -0.25) is 0 Å². The fraction of sp³-hybridized carbons (Fsp3) is 0.667. The lowest BCUT2D eigenvalue weighted by Gasteiger charge is -2.16. The Kier molecular flexibility index (Phi) is 4.68. The molecule has 0 aliphatic carbocycles. The van der Waals surface area contributed by atoms with E-state index in [1.54, 1.807) is 7.11 Å². The monoisotopic (exact) mass is 223 g/mol. The lowest BCUT2D eigenvalue weighted by atomic mass is 10.0. The van der Waals surface area contributed by atoms with E-state index in [4.69, 9.17) is 4.74 Å². The smallest absolute Gasteiger partial charge is 0.156 e. The van der Waals surface area contributed by atoms with Gasteiger partial charge in [0.15, 0.2) is 5.82 Å². The van der Waals surface area contributed by atoms with Crippen molar-refractivity contribution in [1.29, 1.82) is 0 Å². The van der Waals surface area contributed by atoms with Gasteiger partial charge in [-0.05, 0) is 19.8 Å². The fourth-order valence-corrected chi connectivity index (χ4v) is 1.83. The summed E-state index contributed by atoms with van der Waals surface area (Å²) in [6, 6.07) is 0. The molecule has 0 aromatic carbocycles. The number of hydrogen-bond acceptors (Lipinski definition) is 4. The second-order valence-corrected chi connectivity index (χ2v) is 4.11. The summed E-state index contributed by atoms with van der Waals surface area (Å²) < 4.78 is 5.06. The normalized spacial score (nSPS) is 10.9. The molecule has 4 heteroatoms. The average molecular weight is 223 g/mol. The molecule has 0 aliphatic rings. The number of rotatable bonds is 5. The van der Waals surface area contributed by atoms with Gasteiger partial charge in [-0.25, -0.2) is 9.97 Å². The fourth-order valence-electron chi connectivity index (χ4n) is 1.83. The molecule has 1 rings (SSSR count). The number of hydrogen-bond donors (Lipinski definition) is 1. The number of nitrogens with one attached hydrogen (secondary N) is 1. The second kappa shape index (κ2) is 5.80. The van der Waals surface area contributed by atoms with Crippen LogP contribution >= 0.6 is 0 Å². The number of ether oxygens (including phenoxy) is 1. The SMILES string of the molecule is CCNc1nc(COC)nc(C)c1C(C)C. The minimum Gasteiger partial charge on any atom is -0.377 e. The largest absolute Gasteiger partial charge is 0.377 e. The van der Waals surface area contributed by atoms with E-state index < -0.39 is 0 Å². The molecule has 1 heterocycles. The Morgan fingerprint density at radius 2 is 2.00 bits per heavy atom. The minimum atomic E-state index is 0.422. The third-order valence-electron chi connectivity index (χ3n) is 2.38. The summed E-state index contributed by atoms with van der Waals surface area (Å²) in [7, 11) is 1.65. The van der Waals surface area contributed by atoms with Crippen LogP contribution in [-0.2, 0) is 11.3 Å². The number of aromatic nitrogens is 2. The van der Waals surface area contributed by atoms with Crippen molar-refractivity contribution in [3.63, 3.8) is 0 Å². The maximum absolute atomic E-state index is 5.06. The number of aryl methyl sites for hydroxylation is 1. The van der Waals surface area contributed by atoms with E-state index in [1.807, 2.05) is 6.92 Å². The van der Waals surface area contributed by atoms with Gasteiger partial charge in [-0.15, -0.1) is 0 Å². The zero-order valence-corrected chi connectivity index (χ0v) is 10.8. The molecule has 1 aromatic rings. The first kappa shape index (κ1) is 12.9. The molecule has 1 aromatic heterocycles. The van der Waals surface area contributed by atoms with Crippen LogP contribution in [0.15, 0.2) is 0 Å². The van der Waals surface area contributed by atoms with Gasteiger partial charge in [-0.2, -0.15) is 0 Å². The molecule has 0 saturated carbocycles. The van der Waals surface area contributed by atoms with Gasteiger partial charge in [0.2, 0.25) is 0 Å². The van der Waals surface area contributed by atoms with E-state index in [-0.39, 0.29) is 0 Å². The van der Waals surface area contributed by atoms with Crippen molar-refractivity contribution in [2.45, 2.75) is 40.2 Å². The molecule has 1 N–H and O–H groups in total. The first-order valence-corrected chi connectivity index (χ1v) is 5.70. The van der Waals surface area contributed by atoms with Crippen LogP contribution in [0, 0.1) is 6.92 Å². The number of methoxy groups -OCH3 is 1. The van der Waals surface area contributed by atoms with E-state index in [1.165, 1.54) is 5.56 Å². The Morgan fingerprint density at radius 3 is 2.50 bits per heavy atom. The maximum Gasteiger partial charge on any atom is 0.156 e. The van der Waals surface area contributed by atoms with Crippen LogP contribution in [0.4, 0.5) is 5.82 Å². The van der Waals surface area contributed by atoms with Crippen molar-refractivity contribution in [2.24, 2.45) is 0 Å². The lowest BCUT2D eigenvalue weighted by Crippen LogP contribution is -2.11. The van der Waals surface area contributed by atoms with E-state index in [0.29, 0.717) is 12.5 Å². The first-order valence-electron chi connectivity index (χ1n) is 5.70. The van der Waals surface area contributed by atoms with Gasteiger partial charge in [0.1, 0.15) is 12.4 Å². The Bertz CT molecular complexity index is 350. The molecule has 0 unspecified atom stereocenters. The third kappa shape index (κ3) is 2.92. The number of anilines is 1. The molecule has 0 fully saturated rings. The predicted octanol–water partition coefficient (Wildman–Crippen LogP) is 2.49. The van der Waals surface area contributed by atoms with Crippen LogP contribution in [0.2, 0.25) is 0 Å².